The molecule has 7 heteroatoms. The molecule has 1 heterocycles. The third kappa shape index (κ3) is 2.64. The van der Waals surface area contributed by atoms with Gasteiger partial charge in [-0.15, -0.1) is 0 Å². The van der Waals surface area contributed by atoms with Crippen molar-refractivity contribution in [2.24, 2.45) is 5.92 Å². The number of anilines is 1. The molecule has 0 bridgehead atoms. The van der Waals surface area contributed by atoms with Crippen molar-refractivity contribution in [2.45, 2.75) is 19.8 Å². The molecule has 1 N–H and O–H groups in total. The minimum absolute atomic E-state index is 0.0512. The largest absolute Gasteiger partial charge is 0.739 e. The third-order valence-corrected chi connectivity index (χ3v) is 4.08. The van der Waals surface area contributed by atoms with Gasteiger partial charge in [0.25, 0.3) is 5.52 Å². The molecule has 1 aromatic heterocycles. The van der Waals surface area contributed by atoms with Crippen LogP contribution in [0, 0.1) is 16.3 Å². The van der Waals surface area contributed by atoms with Gasteiger partial charge in [-0.25, -0.2) is 4.73 Å². The van der Waals surface area contributed by atoms with Gasteiger partial charge in [0.1, 0.15) is 0 Å². The monoisotopic (exact) mass is 303 g/mol. The van der Waals surface area contributed by atoms with Gasteiger partial charge < -0.3 is 15.3 Å². The second-order valence-corrected chi connectivity index (χ2v) is 6.34. The van der Waals surface area contributed by atoms with Crippen molar-refractivity contribution in [3.8, 4) is 0 Å². The van der Waals surface area contributed by atoms with Crippen molar-refractivity contribution in [2.75, 3.05) is 32.5 Å². The summed E-state index contributed by atoms with van der Waals surface area (Å²) in [4.78, 5) is 2.54. The summed E-state index contributed by atoms with van der Waals surface area (Å²) in [6.45, 7) is 3.48. The van der Waals surface area contributed by atoms with Crippen LogP contribution in [0.15, 0.2) is 12.1 Å². The first-order valence-electron chi connectivity index (χ1n) is 7.53. The molecular weight excluding hydrogens is 282 g/mol. The number of hydrogen-bond acceptors (Lipinski definition) is 5. The van der Waals surface area contributed by atoms with Crippen LogP contribution < -0.4 is 14.9 Å². The number of aromatic nitrogens is 3. The summed E-state index contributed by atoms with van der Waals surface area (Å²) < 4.78 is 0.725. The van der Waals surface area contributed by atoms with Crippen LogP contribution in [0.4, 0.5) is 5.95 Å². The zero-order chi connectivity index (χ0) is 15.9. The molecule has 0 amide bonds. The highest BCUT2D eigenvalue weighted by Crippen LogP contribution is 2.28. The van der Waals surface area contributed by atoms with Crippen molar-refractivity contribution < 1.29 is 9.58 Å². The van der Waals surface area contributed by atoms with E-state index in [0.29, 0.717) is 28.3 Å². The number of likely N-dealkylation sites (N-methyl/N-ethyl adjacent to an activating group) is 1. The first kappa shape index (κ1) is 14.8. The summed E-state index contributed by atoms with van der Waals surface area (Å²) in [6, 6.07) is 3.65. The number of benzene rings is 1. The zero-order valence-electron chi connectivity index (χ0n) is 13.2. The molecule has 0 aliphatic heterocycles. The number of nitrogens with one attached hydrogen (secondary N) is 1. The number of nitrogens with zero attached hydrogens (tertiary/aromatic N) is 4. The second kappa shape index (κ2) is 5.57. The van der Waals surface area contributed by atoms with E-state index in [1.54, 1.807) is 0 Å². The smallest absolute Gasteiger partial charge is 0.461 e. The number of rotatable bonds is 4. The van der Waals surface area contributed by atoms with Gasteiger partial charge in [-0.1, -0.05) is 6.92 Å². The van der Waals surface area contributed by atoms with E-state index in [0.717, 1.165) is 35.2 Å². The molecule has 1 aliphatic rings. The third-order valence-electron chi connectivity index (χ3n) is 4.08. The summed E-state index contributed by atoms with van der Waals surface area (Å²) in [5.74, 6) is 0.605. The molecule has 0 fully saturated rings. The van der Waals surface area contributed by atoms with Crippen LogP contribution in [0.3, 0.4) is 0 Å². The van der Waals surface area contributed by atoms with E-state index in [4.69, 9.17) is 0 Å². The van der Waals surface area contributed by atoms with Crippen molar-refractivity contribution in [1.82, 2.24) is 10.00 Å². The van der Waals surface area contributed by atoms with Crippen molar-refractivity contribution >= 4 is 17.0 Å². The van der Waals surface area contributed by atoms with E-state index in [2.05, 4.69) is 17.3 Å². The molecule has 22 heavy (non-hydrogen) atoms. The van der Waals surface area contributed by atoms with Crippen LogP contribution in [-0.2, 0) is 12.8 Å². The standard InChI is InChI=1S/C15H21N5O2/c1-10-6-11-8-13-14(9-12(11)7-10)20(22)17-15(19(13)21)16-4-5-18(2)3/h8-10H,4-7H2,1-3H3,(H,16,17). The molecule has 7 nitrogen and oxygen atoms in total. The van der Waals surface area contributed by atoms with Gasteiger partial charge >= 0.3 is 5.95 Å². The molecule has 0 saturated heterocycles. The highest BCUT2D eigenvalue weighted by molar-refractivity contribution is 5.71. The van der Waals surface area contributed by atoms with Gasteiger partial charge in [-0.2, -0.15) is 0 Å². The molecule has 0 spiro atoms. The molecular formula is C15H21N5O2. The lowest BCUT2D eigenvalue weighted by molar-refractivity contribution is -0.672. The van der Waals surface area contributed by atoms with Gasteiger partial charge in [-0.05, 0) is 50.0 Å². The maximum Gasteiger partial charge on any atom is 0.461 e. The first-order valence-corrected chi connectivity index (χ1v) is 7.53. The molecule has 1 unspecified atom stereocenters. The van der Waals surface area contributed by atoms with E-state index in [-0.39, 0.29) is 5.95 Å². The fourth-order valence-electron chi connectivity index (χ4n) is 2.98. The minimum Gasteiger partial charge on any atom is -0.739 e. The molecule has 3 rings (SSSR count). The Morgan fingerprint density at radius 3 is 2.50 bits per heavy atom. The average molecular weight is 303 g/mol. The van der Waals surface area contributed by atoms with E-state index in [1.807, 2.05) is 31.1 Å². The van der Waals surface area contributed by atoms with Crippen molar-refractivity contribution in [3.05, 3.63) is 33.7 Å². The van der Waals surface area contributed by atoms with Gasteiger partial charge in [0.05, 0.1) is 6.54 Å². The lowest BCUT2D eigenvalue weighted by atomic mass is 10.1. The fourth-order valence-corrected chi connectivity index (χ4v) is 2.98. The Bertz CT molecular complexity index is 717. The quantitative estimate of drug-likeness (QED) is 0.645. The lowest BCUT2D eigenvalue weighted by Gasteiger charge is -2.12. The summed E-state index contributed by atoms with van der Waals surface area (Å²) in [6.07, 6.45) is 1.91. The highest BCUT2D eigenvalue weighted by atomic mass is 16.5. The highest BCUT2D eigenvalue weighted by Gasteiger charge is 2.25. The molecule has 118 valence electrons. The molecule has 1 aromatic carbocycles. The summed E-state index contributed by atoms with van der Waals surface area (Å²) in [7, 11) is 3.89. The van der Waals surface area contributed by atoms with Gasteiger partial charge in [0, 0.05) is 17.5 Å². The first-order chi connectivity index (χ1) is 10.5. The molecule has 1 aliphatic carbocycles. The van der Waals surface area contributed by atoms with Crippen molar-refractivity contribution in [3.63, 3.8) is 0 Å². The van der Waals surface area contributed by atoms with Gasteiger partial charge in [-0.3, -0.25) is 5.32 Å². The molecule has 0 radical (unpaired) electrons. The van der Waals surface area contributed by atoms with Crippen LogP contribution in [0.2, 0.25) is 0 Å². The van der Waals surface area contributed by atoms with Crippen LogP contribution in [0.1, 0.15) is 18.1 Å². The van der Waals surface area contributed by atoms with Gasteiger partial charge in [0.2, 0.25) is 5.10 Å². The molecule has 0 saturated carbocycles. The Labute approximate surface area is 129 Å². The normalized spacial score (nSPS) is 17.2. The zero-order valence-corrected chi connectivity index (χ0v) is 13.2. The van der Waals surface area contributed by atoms with E-state index >= 15 is 0 Å². The Hall–Kier alpha value is -2.15. The summed E-state index contributed by atoms with van der Waals surface area (Å²) in [5, 5.41) is 31.4. The SMILES string of the molecule is CC1Cc2cc3c(cc2C1)[n+]([O-])c(NCCN(C)C)n[n+]3[O-]. The Kier molecular flexibility index (Phi) is 3.74. The van der Waals surface area contributed by atoms with Crippen LogP contribution in [0.5, 0.6) is 0 Å². The number of hydrogen-bond donors (Lipinski definition) is 1. The topological polar surface area (TPSA) is 82.0 Å². The van der Waals surface area contributed by atoms with Crippen LogP contribution in [0.25, 0.3) is 11.0 Å². The van der Waals surface area contributed by atoms with Crippen LogP contribution in [-0.4, -0.2) is 37.2 Å². The summed E-state index contributed by atoms with van der Waals surface area (Å²) >= 11 is 0. The van der Waals surface area contributed by atoms with Crippen LogP contribution >= 0.6 is 0 Å². The minimum atomic E-state index is 0.0512. The molecule has 1 atom stereocenters. The fraction of sp³-hybridized carbons (Fsp3) is 0.533. The number of fused-ring (bicyclic) bond motifs is 2. The predicted octanol–water partition coefficient (Wildman–Crippen LogP) is 0.210. The second-order valence-electron chi connectivity index (χ2n) is 6.34. The Balaban J connectivity index is 1.99. The van der Waals surface area contributed by atoms with Crippen molar-refractivity contribution in [1.29, 1.82) is 0 Å². The van der Waals surface area contributed by atoms with E-state index in [1.165, 1.54) is 0 Å². The summed E-state index contributed by atoms with van der Waals surface area (Å²) in [5.41, 5.74) is 3.03. The maximum atomic E-state index is 12.5. The van der Waals surface area contributed by atoms with E-state index < -0.39 is 0 Å². The maximum absolute atomic E-state index is 12.5. The molecule has 2 aromatic rings. The van der Waals surface area contributed by atoms with E-state index in [9.17, 15) is 10.4 Å². The lowest BCUT2D eigenvalue weighted by Crippen LogP contribution is -2.44. The Morgan fingerprint density at radius 2 is 1.86 bits per heavy atom. The average Bonchev–Trinajstić information content (AvgIpc) is 2.81. The van der Waals surface area contributed by atoms with Gasteiger partial charge in [0.15, 0.2) is 5.52 Å². The Morgan fingerprint density at radius 1 is 1.23 bits per heavy atom. The predicted molar refractivity (Wildman–Crippen MR) is 83.3 cm³/mol.